The van der Waals surface area contributed by atoms with Gasteiger partial charge in [-0.2, -0.15) is 0 Å². The van der Waals surface area contributed by atoms with Gasteiger partial charge in [0.1, 0.15) is 11.4 Å². The predicted molar refractivity (Wildman–Crippen MR) is 77.1 cm³/mol. The van der Waals surface area contributed by atoms with Gasteiger partial charge in [0.05, 0.1) is 12.7 Å². The summed E-state index contributed by atoms with van der Waals surface area (Å²) in [4.78, 5) is 34.3. The van der Waals surface area contributed by atoms with Gasteiger partial charge in [-0.25, -0.2) is 9.97 Å². The molecule has 1 aliphatic rings. The number of carbonyl (C=O) groups is 2. The molecule has 1 aliphatic heterocycles. The molecular formula is C13H16N6O2. The van der Waals surface area contributed by atoms with Crippen molar-refractivity contribution in [1.29, 1.82) is 0 Å². The Kier molecular flexibility index (Phi) is 2.82. The van der Waals surface area contributed by atoms with Crippen LogP contribution in [0.15, 0.2) is 18.6 Å². The maximum absolute atomic E-state index is 12.1. The Labute approximate surface area is 121 Å². The zero-order chi connectivity index (χ0) is 15.2. The Bertz CT molecular complexity index is 735. The van der Waals surface area contributed by atoms with Crippen LogP contribution < -0.4 is 15.5 Å². The van der Waals surface area contributed by atoms with Crippen molar-refractivity contribution in [1.82, 2.24) is 19.7 Å². The molecule has 110 valence electrons. The van der Waals surface area contributed by atoms with Crippen LogP contribution in [0, 0.1) is 0 Å². The van der Waals surface area contributed by atoms with E-state index >= 15 is 0 Å². The van der Waals surface area contributed by atoms with Gasteiger partial charge in [0.2, 0.25) is 5.91 Å². The Morgan fingerprint density at radius 1 is 1.38 bits per heavy atom. The number of piperazine rings is 1. The van der Waals surface area contributed by atoms with E-state index in [0.29, 0.717) is 17.3 Å². The van der Waals surface area contributed by atoms with Gasteiger partial charge in [0.25, 0.3) is 5.91 Å². The molecule has 0 aromatic carbocycles. The van der Waals surface area contributed by atoms with Crippen molar-refractivity contribution in [2.24, 2.45) is 0 Å². The Morgan fingerprint density at radius 3 is 2.86 bits per heavy atom. The topological polar surface area (TPSA) is 91.6 Å². The van der Waals surface area contributed by atoms with E-state index in [-0.39, 0.29) is 18.4 Å². The molecule has 8 nitrogen and oxygen atoms in total. The molecular weight excluding hydrogens is 272 g/mol. The van der Waals surface area contributed by atoms with Crippen LogP contribution >= 0.6 is 0 Å². The lowest BCUT2D eigenvalue weighted by molar-refractivity contribution is -0.135. The summed E-state index contributed by atoms with van der Waals surface area (Å²) in [6, 6.07) is 0. The summed E-state index contributed by atoms with van der Waals surface area (Å²) < 4.78 is 1.81. The van der Waals surface area contributed by atoms with Gasteiger partial charge in [-0.1, -0.05) is 0 Å². The standard InChI is InChI=1S/C13H16N6O2/c1-13(2)12(21)17-9(20)7-19(13)11-10-15-4-5-18(10)6-8(14-3)16-11/h4-6,14H,7H2,1-3H3,(H,17,20,21). The van der Waals surface area contributed by atoms with Crippen molar-refractivity contribution in [3.63, 3.8) is 0 Å². The maximum Gasteiger partial charge on any atom is 0.251 e. The number of fused-ring (bicyclic) bond motifs is 1. The molecule has 21 heavy (non-hydrogen) atoms. The van der Waals surface area contributed by atoms with E-state index in [9.17, 15) is 9.59 Å². The minimum Gasteiger partial charge on any atom is -0.372 e. The zero-order valence-electron chi connectivity index (χ0n) is 12.0. The molecule has 3 heterocycles. The first kappa shape index (κ1) is 13.3. The van der Waals surface area contributed by atoms with E-state index in [1.165, 1.54) is 0 Å². The molecule has 2 amide bonds. The number of aromatic nitrogens is 3. The predicted octanol–water partition coefficient (Wildman–Crippen LogP) is 0.0124. The Hall–Kier alpha value is -2.64. The number of hydrogen-bond donors (Lipinski definition) is 2. The first-order valence-corrected chi connectivity index (χ1v) is 6.57. The van der Waals surface area contributed by atoms with E-state index in [0.717, 1.165) is 0 Å². The molecule has 0 radical (unpaired) electrons. The van der Waals surface area contributed by atoms with Crippen molar-refractivity contribution in [2.75, 3.05) is 23.8 Å². The summed E-state index contributed by atoms with van der Waals surface area (Å²) in [5.74, 6) is 0.436. The van der Waals surface area contributed by atoms with Crippen molar-refractivity contribution in [3.05, 3.63) is 18.6 Å². The average Bonchev–Trinajstić information content (AvgIpc) is 2.90. The normalized spacial score (nSPS) is 18.0. The summed E-state index contributed by atoms with van der Waals surface area (Å²) in [6.07, 6.45) is 5.24. The van der Waals surface area contributed by atoms with Gasteiger partial charge in [-0.3, -0.25) is 14.9 Å². The van der Waals surface area contributed by atoms with E-state index in [1.54, 1.807) is 48.8 Å². The van der Waals surface area contributed by atoms with Crippen molar-refractivity contribution in [3.8, 4) is 0 Å². The highest BCUT2D eigenvalue weighted by Gasteiger charge is 2.42. The van der Waals surface area contributed by atoms with Crippen LogP contribution in [0.3, 0.4) is 0 Å². The van der Waals surface area contributed by atoms with E-state index in [2.05, 4.69) is 20.6 Å². The smallest absolute Gasteiger partial charge is 0.251 e. The summed E-state index contributed by atoms with van der Waals surface area (Å²) in [5, 5.41) is 5.32. The second-order valence-electron chi connectivity index (χ2n) is 5.38. The molecule has 3 rings (SSSR count). The SMILES string of the molecule is CNc1cn2ccnc2c(N2CC(=O)NC(=O)C2(C)C)n1. The van der Waals surface area contributed by atoms with Gasteiger partial charge in [0, 0.05) is 19.4 Å². The quantitative estimate of drug-likeness (QED) is 0.757. The molecule has 1 saturated heterocycles. The molecule has 1 fully saturated rings. The number of carbonyl (C=O) groups excluding carboxylic acids is 2. The van der Waals surface area contributed by atoms with Crippen LogP contribution in [0.4, 0.5) is 11.6 Å². The van der Waals surface area contributed by atoms with Crippen molar-refractivity contribution >= 4 is 29.1 Å². The van der Waals surface area contributed by atoms with Gasteiger partial charge in [-0.05, 0) is 13.8 Å². The average molecular weight is 288 g/mol. The number of imidazole rings is 1. The van der Waals surface area contributed by atoms with Crippen LogP contribution in [0.1, 0.15) is 13.8 Å². The Balaban J connectivity index is 2.20. The van der Waals surface area contributed by atoms with Crippen LogP contribution in [0.25, 0.3) is 5.65 Å². The third-order valence-electron chi connectivity index (χ3n) is 3.65. The largest absolute Gasteiger partial charge is 0.372 e. The van der Waals surface area contributed by atoms with Crippen molar-refractivity contribution < 1.29 is 9.59 Å². The first-order chi connectivity index (χ1) is 9.93. The number of imide groups is 1. The molecule has 2 N–H and O–H groups in total. The fourth-order valence-corrected chi connectivity index (χ4v) is 2.34. The molecule has 0 saturated carbocycles. The van der Waals surface area contributed by atoms with Crippen LogP contribution in [0.5, 0.6) is 0 Å². The summed E-state index contributed by atoms with van der Waals surface area (Å²) in [5.41, 5.74) is -0.288. The van der Waals surface area contributed by atoms with Gasteiger partial charge in [-0.15, -0.1) is 0 Å². The van der Waals surface area contributed by atoms with Crippen LogP contribution in [-0.2, 0) is 9.59 Å². The van der Waals surface area contributed by atoms with Crippen LogP contribution in [0.2, 0.25) is 0 Å². The molecule has 0 unspecified atom stereocenters. The summed E-state index contributed by atoms with van der Waals surface area (Å²) in [7, 11) is 1.76. The first-order valence-electron chi connectivity index (χ1n) is 6.57. The fourth-order valence-electron chi connectivity index (χ4n) is 2.34. The van der Waals surface area contributed by atoms with Crippen LogP contribution in [-0.4, -0.2) is 45.3 Å². The molecule has 2 aromatic rings. The number of amides is 2. The van der Waals surface area contributed by atoms with E-state index < -0.39 is 5.54 Å². The third-order valence-corrected chi connectivity index (χ3v) is 3.65. The second-order valence-corrected chi connectivity index (χ2v) is 5.38. The molecule has 0 spiro atoms. The zero-order valence-corrected chi connectivity index (χ0v) is 12.0. The van der Waals surface area contributed by atoms with E-state index in [4.69, 9.17) is 0 Å². The number of hydrogen-bond acceptors (Lipinski definition) is 6. The Morgan fingerprint density at radius 2 is 2.14 bits per heavy atom. The highest BCUT2D eigenvalue weighted by molar-refractivity contribution is 6.07. The lowest BCUT2D eigenvalue weighted by atomic mass is 9.99. The fraction of sp³-hybridized carbons (Fsp3) is 0.385. The molecule has 8 heteroatoms. The second kappa shape index (κ2) is 4.44. The highest BCUT2D eigenvalue weighted by Crippen LogP contribution is 2.28. The lowest BCUT2D eigenvalue weighted by Crippen LogP contribution is -2.64. The number of rotatable bonds is 2. The summed E-state index contributed by atoms with van der Waals surface area (Å²) in [6.45, 7) is 3.56. The van der Waals surface area contributed by atoms with Gasteiger partial charge < -0.3 is 14.6 Å². The highest BCUT2D eigenvalue weighted by atomic mass is 16.2. The monoisotopic (exact) mass is 288 g/mol. The molecule has 0 aliphatic carbocycles. The minimum absolute atomic E-state index is 0.0570. The summed E-state index contributed by atoms with van der Waals surface area (Å²) >= 11 is 0. The maximum atomic E-state index is 12.1. The van der Waals surface area contributed by atoms with E-state index in [1.807, 2.05) is 0 Å². The van der Waals surface area contributed by atoms with Gasteiger partial charge >= 0.3 is 0 Å². The van der Waals surface area contributed by atoms with Gasteiger partial charge in [0.15, 0.2) is 11.5 Å². The van der Waals surface area contributed by atoms with Crippen molar-refractivity contribution in [2.45, 2.75) is 19.4 Å². The number of nitrogens with one attached hydrogen (secondary N) is 2. The lowest BCUT2D eigenvalue weighted by Gasteiger charge is -2.40. The molecule has 0 atom stereocenters. The molecule has 2 aromatic heterocycles. The molecule has 0 bridgehead atoms. The number of anilines is 2. The third kappa shape index (κ3) is 1.99. The number of nitrogens with zero attached hydrogens (tertiary/aromatic N) is 4. The minimum atomic E-state index is -0.889.